The summed E-state index contributed by atoms with van der Waals surface area (Å²) < 4.78 is 5.53. The molecule has 0 fully saturated rings. The zero-order valence-electron chi connectivity index (χ0n) is 10.9. The fourth-order valence-corrected chi connectivity index (χ4v) is 2.73. The van der Waals surface area contributed by atoms with Crippen molar-refractivity contribution < 1.29 is 4.42 Å². The van der Waals surface area contributed by atoms with Gasteiger partial charge in [-0.1, -0.05) is 35.9 Å². The summed E-state index contributed by atoms with van der Waals surface area (Å²) in [6, 6.07) is 13.7. The number of para-hydroxylation sites is 1. The molecule has 0 saturated heterocycles. The maximum absolute atomic E-state index is 6.21. The fourth-order valence-electron chi connectivity index (χ4n) is 2.18. The average Bonchev–Trinajstić information content (AvgIpc) is 2.74. The van der Waals surface area contributed by atoms with E-state index in [0.717, 1.165) is 27.8 Å². The van der Waals surface area contributed by atoms with Crippen molar-refractivity contribution in [1.29, 1.82) is 0 Å². The van der Waals surface area contributed by atoms with Crippen LogP contribution in [0.15, 0.2) is 46.9 Å². The molecule has 1 aromatic heterocycles. The Bertz CT molecular complexity index is 764. The SMILES string of the molecule is Cc1ccc(NCc2c(Cl)oc3ccccc23)c(Cl)c1. The summed E-state index contributed by atoms with van der Waals surface area (Å²) in [5.41, 5.74) is 3.76. The smallest absolute Gasteiger partial charge is 0.199 e. The normalized spacial score (nSPS) is 10.9. The van der Waals surface area contributed by atoms with E-state index in [4.69, 9.17) is 27.6 Å². The van der Waals surface area contributed by atoms with Crippen LogP contribution in [0.2, 0.25) is 10.2 Å². The Morgan fingerprint density at radius 2 is 1.90 bits per heavy atom. The Morgan fingerprint density at radius 1 is 1.10 bits per heavy atom. The second-order valence-corrected chi connectivity index (χ2v) is 5.44. The molecule has 0 atom stereocenters. The van der Waals surface area contributed by atoms with E-state index in [2.05, 4.69) is 5.32 Å². The molecule has 3 aromatic rings. The van der Waals surface area contributed by atoms with Gasteiger partial charge in [0, 0.05) is 17.5 Å². The standard InChI is InChI=1S/C16H13Cl2NO/c1-10-6-7-14(13(17)8-10)19-9-12-11-4-2-3-5-15(11)20-16(12)18/h2-8,19H,9H2,1H3. The van der Waals surface area contributed by atoms with Gasteiger partial charge in [0.05, 0.1) is 10.7 Å². The van der Waals surface area contributed by atoms with Gasteiger partial charge >= 0.3 is 0 Å². The second kappa shape index (κ2) is 5.39. The van der Waals surface area contributed by atoms with Gasteiger partial charge in [-0.15, -0.1) is 0 Å². The largest absolute Gasteiger partial charge is 0.444 e. The molecular formula is C16H13Cl2NO. The van der Waals surface area contributed by atoms with Crippen LogP contribution in [-0.4, -0.2) is 0 Å². The van der Waals surface area contributed by atoms with Gasteiger partial charge in [-0.3, -0.25) is 0 Å². The lowest BCUT2D eigenvalue weighted by Gasteiger charge is -2.08. The van der Waals surface area contributed by atoms with E-state index in [9.17, 15) is 0 Å². The monoisotopic (exact) mass is 305 g/mol. The number of fused-ring (bicyclic) bond motifs is 1. The summed E-state index contributed by atoms with van der Waals surface area (Å²) >= 11 is 12.4. The molecule has 1 heterocycles. The topological polar surface area (TPSA) is 25.2 Å². The van der Waals surface area contributed by atoms with Crippen LogP contribution >= 0.6 is 23.2 Å². The van der Waals surface area contributed by atoms with Gasteiger partial charge in [0.25, 0.3) is 0 Å². The molecule has 1 N–H and O–H groups in total. The number of benzene rings is 2. The summed E-state index contributed by atoms with van der Waals surface area (Å²) in [5.74, 6) is 0. The lowest BCUT2D eigenvalue weighted by molar-refractivity contribution is 0.613. The first kappa shape index (κ1) is 13.3. The predicted octanol–water partition coefficient (Wildman–Crippen LogP) is 5.66. The molecule has 0 saturated carbocycles. The van der Waals surface area contributed by atoms with Crippen LogP contribution in [0.5, 0.6) is 0 Å². The van der Waals surface area contributed by atoms with E-state index in [1.807, 2.05) is 49.4 Å². The first-order valence-corrected chi connectivity index (χ1v) is 7.06. The molecule has 20 heavy (non-hydrogen) atoms. The summed E-state index contributed by atoms with van der Waals surface area (Å²) in [5, 5.41) is 5.44. The second-order valence-electron chi connectivity index (χ2n) is 4.69. The van der Waals surface area contributed by atoms with Gasteiger partial charge in [0.2, 0.25) is 0 Å². The van der Waals surface area contributed by atoms with Gasteiger partial charge in [0.1, 0.15) is 5.58 Å². The number of furan rings is 1. The summed E-state index contributed by atoms with van der Waals surface area (Å²) in [4.78, 5) is 0. The van der Waals surface area contributed by atoms with Crippen molar-refractivity contribution in [2.75, 3.05) is 5.32 Å². The molecule has 0 amide bonds. The van der Waals surface area contributed by atoms with Crippen molar-refractivity contribution in [3.8, 4) is 0 Å². The van der Waals surface area contributed by atoms with Crippen LogP contribution in [0.4, 0.5) is 5.69 Å². The minimum absolute atomic E-state index is 0.418. The number of aryl methyl sites for hydroxylation is 1. The Kier molecular flexibility index (Phi) is 3.60. The number of halogens is 2. The Balaban J connectivity index is 1.88. The lowest BCUT2D eigenvalue weighted by Crippen LogP contribution is -2.00. The highest BCUT2D eigenvalue weighted by Gasteiger charge is 2.12. The molecule has 0 aliphatic rings. The fraction of sp³-hybridized carbons (Fsp3) is 0.125. The zero-order valence-corrected chi connectivity index (χ0v) is 12.4. The van der Waals surface area contributed by atoms with Crippen LogP contribution < -0.4 is 5.32 Å². The third-order valence-electron chi connectivity index (χ3n) is 3.23. The highest BCUT2D eigenvalue weighted by molar-refractivity contribution is 6.33. The minimum Gasteiger partial charge on any atom is -0.444 e. The molecule has 0 aliphatic carbocycles. The maximum atomic E-state index is 6.21. The molecule has 0 aliphatic heterocycles. The van der Waals surface area contributed by atoms with Crippen LogP contribution in [0.1, 0.15) is 11.1 Å². The highest BCUT2D eigenvalue weighted by atomic mass is 35.5. The quantitative estimate of drug-likeness (QED) is 0.675. The zero-order chi connectivity index (χ0) is 14.1. The number of nitrogens with one attached hydrogen (secondary N) is 1. The Labute approximate surface area is 127 Å². The molecule has 0 spiro atoms. The van der Waals surface area contributed by atoms with Crippen LogP contribution in [0.3, 0.4) is 0 Å². The molecule has 0 unspecified atom stereocenters. The molecule has 4 heteroatoms. The van der Waals surface area contributed by atoms with Crippen LogP contribution in [0, 0.1) is 6.92 Å². The third-order valence-corrected chi connectivity index (χ3v) is 3.85. The predicted molar refractivity (Wildman–Crippen MR) is 84.7 cm³/mol. The van der Waals surface area contributed by atoms with Crippen LogP contribution in [-0.2, 0) is 6.54 Å². The van der Waals surface area contributed by atoms with Crippen molar-refractivity contribution in [1.82, 2.24) is 0 Å². The molecule has 102 valence electrons. The maximum Gasteiger partial charge on any atom is 0.199 e. The molecule has 2 aromatic carbocycles. The molecular weight excluding hydrogens is 293 g/mol. The van der Waals surface area contributed by atoms with Crippen LogP contribution in [0.25, 0.3) is 11.0 Å². The summed E-state index contributed by atoms with van der Waals surface area (Å²) in [6.07, 6.45) is 0. The molecule has 0 radical (unpaired) electrons. The molecule has 2 nitrogen and oxygen atoms in total. The highest BCUT2D eigenvalue weighted by Crippen LogP contribution is 2.31. The Morgan fingerprint density at radius 3 is 2.70 bits per heavy atom. The average molecular weight is 306 g/mol. The summed E-state index contributed by atoms with van der Waals surface area (Å²) in [7, 11) is 0. The first-order chi connectivity index (χ1) is 9.65. The van der Waals surface area contributed by atoms with E-state index in [1.165, 1.54) is 0 Å². The number of hydrogen-bond donors (Lipinski definition) is 1. The minimum atomic E-state index is 0.418. The van der Waals surface area contributed by atoms with Crippen molar-refractivity contribution in [3.63, 3.8) is 0 Å². The van der Waals surface area contributed by atoms with E-state index >= 15 is 0 Å². The van der Waals surface area contributed by atoms with Gasteiger partial charge in [0.15, 0.2) is 5.22 Å². The number of anilines is 1. The van der Waals surface area contributed by atoms with Crippen molar-refractivity contribution in [2.45, 2.75) is 13.5 Å². The van der Waals surface area contributed by atoms with E-state index in [1.54, 1.807) is 0 Å². The van der Waals surface area contributed by atoms with E-state index in [-0.39, 0.29) is 0 Å². The van der Waals surface area contributed by atoms with E-state index < -0.39 is 0 Å². The first-order valence-electron chi connectivity index (χ1n) is 6.31. The van der Waals surface area contributed by atoms with Crippen molar-refractivity contribution >= 4 is 39.9 Å². The van der Waals surface area contributed by atoms with Gasteiger partial charge in [-0.25, -0.2) is 0 Å². The van der Waals surface area contributed by atoms with Gasteiger partial charge in [-0.05, 0) is 42.3 Å². The lowest BCUT2D eigenvalue weighted by atomic mass is 10.1. The Hall–Kier alpha value is -1.64. The van der Waals surface area contributed by atoms with Gasteiger partial charge in [-0.2, -0.15) is 0 Å². The molecule has 3 rings (SSSR count). The summed E-state index contributed by atoms with van der Waals surface area (Å²) in [6.45, 7) is 2.58. The van der Waals surface area contributed by atoms with Crippen molar-refractivity contribution in [3.05, 3.63) is 63.8 Å². The number of hydrogen-bond acceptors (Lipinski definition) is 2. The van der Waals surface area contributed by atoms with Crippen molar-refractivity contribution in [2.24, 2.45) is 0 Å². The third kappa shape index (κ3) is 2.49. The van der Waals surface area contributed by atoms with E-state index in [0.29, 0.717) is 16.8 Å². The number of rotatable bonds is 3. The van der Waals surface area contributed by atoms with Gasteiger partial charge < -0.3 is 9.73 Å². The molecule has 0 bridgehead atoms.